The summed E-state index contributed by atoms with van der Waals surface area (Å²) in [5.74, 6) is -0.398. The van der Waals surface area contributed by atoms with Crippen LogP contribution in [0.3, 0.4) is 0 Å². The van der Waals surface area contributed by atoms with Crippen LogP contribution in [0.25, 0.3) is 11.3 Å². The van der Waals surface area contributed by atoms with Crippen molar-refractivity contribution in [2.45, 2.75) is 19.9 Å². The number of aromatic amines is 1. The lowest BCUT2D eigenvalue weighted by molar-refractivity contribution is 0.0938. The van der Waals surface area contributed by atoms with E-state index in [1.807, 2.05) is 62.4 Å². The van der Waals surface area contributed by atoms with Crippen LogP contribution in [0.2, 0.25) is 0 Å². The minimum Gasteiger partial charge on any atom is -0.345 e. The molecule has 0 radical (unpaired) electrons. The molecule has 26 heavy (non-hydrogen) atoms. The summed E-state index contributed by atoms with van der Waals surface area (Å²) in [7, 11) is 0. The third-order valence-corrected chi connectivity index (χ3v) is 4.92. The number of H-pyrrole nitrogens is 1. The number of aromatic nitrogens is 1. The van der Waals surface area contributed by atoms with E-state index in [0.717, 1.165) is 21.2 Å². The molecule has 0 aliphatic rings. The van der Waals surface area contributed by atoms with Crippen LogP contribution in [-0.2, 0) is 0 Å². The highest BCUT2D eigenvalue weighted by Gasteiger charge is 2.16. The van der Waals surface area contributed by atoms with E-state index in [0.29, 0.717) is 5.69 Å². The summed E-state index contributed by atoms with van der Waals surface area (Å²) >= 11 is 3.48. The first kappa shape index (κ1) is 18.1. The second-order valence-electron chi connectivity index (χ2n) is 6.20. The van der Waals surface area contributed by atoms with E-state index in [1.165, 1.54) is 0 Å². The molecule has 2 N–H and O–H groups in total. The Morgan fingerprint density at radius 2 is 1.85 bits per heavy atom. The zero-order valence-corrected chi connectivity index (χ0v) is 16.1. The molecule has 0 bridgehead atoms. The predicted molar refractivity (Wildman–Crippen MR) is 107 cm³/mol. The molecule has 0 fully saturated rings. The minimum absolute atomic E-state index is 0.0975. The molecule has 0 saturated heterocycles. The van der Waals surface area contributed by atoms with Gasteiger partial charge in [-0.3, -0.25) is 9.59 Å². The van der Waals surface area contributed by atoms with Crippen molar-refractivity contribution in [2.24, 2.45) is 0 Å². The van der Waals surface area contributed by atoms with Crippen LogP contribution in [0.4, 0.5) is 0 Å². The van der Waals surface area contributed by atoms with E-state index < -0.39 is 11.5 Å². The van der Waals surface area contributed by atoms with Crippen molar-refractivity contribution < 1.29 is 4.79 Å². The first-order valence-corrected chi connectivity index (χ1v) is 9.10. The lowest BCUT2D eigenvalue weighted by Gasteiger charge is -2.15. The van der Waals surface area contributed by atoms with Gasteiger partial charge < -0.3 is 10.3 Å². The Kier molecular flexibility index (Phi) is 5.38. The molecule has 0 saturated carbocycles. The number of nitrogens with one attached hydrogen (secondary N) is 2. The molecular formula is C21H19BrN2O2. The fourth-order valence-corrected chi connectivity index (χ4v) is 3.44. The van der Waals surface area contributed by atoms with Crippen LogP contribution in [0, 0.1) is 6.92 Å². The Balaban J connectivity index is 1.82. The van der Waals surface area contributed by atoms with Crippen molar-refractivity contribution in [3.05, 3.63) is 92.2 Å². The maximum atomic E-state index is 12.5. The highest BCUT2D eigenvalue weighted by Crippen LogP contribution is 2.23. The molecule has 1 aromatic heterocycles. The van der Waals surface area contributed by atoms with E-state index in [-0.39, 0.29) is 11.6 Å². The predicted octanol–water partition coefficient (Wildman–Crippen LogP) is 4.60. The molecular weight excluding hydrogens is 392 g/mol. The summed E-state index contributed by atoms with van der Waals surface area (Å²) in [6, 6.07) is 18.6. The number of carbonyl (C=O) groups is 1. The molecule has 3 rings (SSSR count). The summed E-state index contributed by atoms with van der Waals surface area (Å²) < 4.78 is 0.913. The van der Waals surface area contributed by atoms with Crippen LogP contribution in [-0.4, -0.2) is 10.9 Å². The fraction of sp³-hybridized carbons (Fsp3) is 0.143. The topological polar surface area (TPSA) is 62.0 Å². The largest absolute Gasteiger partial charge is 0.345 e. The summed E-state index contributed by atoms with van der Waals surface area (Å²) in [5, 5.41) is 2.87. The third kappa shape index (κ3) is 3.94. The maximum Gasteiger partial charge on any atom is 0.261 e. The Bertz CT molecular complexity index is 1010. The molecule has 1 heterocycles. The molecule has 0 aliphatic carbocycles. The molecule has 132 valence electrons. The molecule has 2 aromatic carbocycles. The number of hydrogen-bond acceptors (Lipinski definition) is 2. The number of aryl methyl sites for hydroxylation is 1. The van der Waals surface area contributed by atoms with E-state index in [4.69, 9.17) is 0 Å². The number of hydrogen-bond donors (Lipinski definition) is 2. The second kappa shape index (κ2) is 7.70. The summed E-state index contributed by atoms with van der Waals surface area (Å²) in [6.45, 7) is 3.87. The number of benzene rings is 2. The van der Waals surface area contributed by atoms with E-state index in [2.05, 4.69) is 26.2 Å². The first-order valence-electron chi connectivity index (χ1n) is 8.31. The maximum absolute atomic E-state index is 12.5. The van der Waals surface area contributed by atoms with Crippen molar-refractivity contribution in [1.29, 1.82) is 0 Å². The molecule has 3 aromatic rings. The van der Waals surface area contributed by atoms with Gasteiger partial charge in [0.2, 0.25) is 0 Å². The number of amides is 1. The Hall–Kier alpha value is -2.66. The van der Waals surface area contributed by atoms with Gasteiger partial charge >= 0.3 is 0 Å². The molecule has 1 atom stereocenters. The zero-order chi connectivity index (χ0) is 18.7. The average molecular weight is 411 g/mol. The molecule has 0 aliphatic heterocycles. The molecule has 0 spiro atoms. The van der Waals surface area contributed by atoms with Crippen molar-refractivity contribution in [2.75, 3.05) is 0 Å². The zero-order valence-electron chi connectivity index (χ0n) is 14.5. The minimum atomic E-state index is -0.402. The van der Waals surface area contributed by atoms with Crippen molar-refractivity contribution in [1.82, 2.24) is 10.3 Å². The van der Waals surface area contributed by atoms with Crippen LogP contribution >= 0.6 is 15.9 Å². The van der Waals surface area contributed by atoms with E-state index in [1.54, 1.807) is 12.1 Å². The van der Waals surface area contributed by atoms with Gasteiger partial charge in [0, 0.05) is 10.2 Å². The molecule has 1 amide bonds. The standard InChI is InChI=1S/C21H19BrN2O2/c1-13-6-5-7-15(12-13)19-11-10-17(21(26)24-19)20(25)23-14(2)16-8-3-4-9-18(16)22/h3-12,14H,1-2H3,(H,23,25)(H,24,26). The van der Waals surface area contributed by atoms with E-state index >= 15 is 0 Å². The van der Waals surface area contributed by atoms with Gasteiger partial charge in [-0.1, -0.05) is 57.9 Å². The highest BCUT2D eigenvalue weighted by molar-refractivity contribution is 9.10. The SMILES string of the molecule is Cc1cccc(-c2ccc(C(=O)NC(C)c3ccccc3Br)c(=O)[nH]2)c1. The normalized spacial score (nSPS) is 11.8. The lowest BCUT2D eigenvalue weighted by Crippen LogP contribution is -2.31. The fourth-order valence-electron chi connectivity index (χ4n) is 2.81. The summed E-state index contributed by atoms with van der Waals surface area (Å²) in [4.78, 5) is 27.7. The average Bonchev–Trinajstić information content (AvgIpc) is 2.61. The van der Waals surface area contributed by atoms with Gasteiger partial charge in [0.1, 0.15) is 5.56 Å². The van der Waals surface area contributed by atoms with Crippen LogP contribution in [0.15, 0.2) is 69.9 Å². The smallest absolute Gasteiger partial charge is 0.261 e. The Morgan fingerprint density at radius 1 is 1.08 bits per heavy atom. The third-order valence-electron chi connectivity index (χ3n) is 4.20. The second-order valence-corrected chi connectivity index (χ2v) is 7.06. The van der Waals surface area contributed by atoms with Crippen LogP contribution < -0.4 is 10.9 Å². The van der Waals surface area contributed by atoms with Gasteiger partial charge in [-0.05, 0) is 49.2 Å². The number of rotatable bonds is 4. The Labute approximate surface area is 160 Å². The number of carbonyl (C=O) groups excluding carboxylic acids is 1. The van der Waals surface area contributed by atoms with Gasteiger partial charge in [0.15, 0.2) is 0 Å². The van der Waals surface area contributed by atoms with Gasteiger partial charge in [0.05, 0.1) is 6.04 Å². The summed E-state index contributed by atoms with van der Waals surface area (Å²) in [6.07, 6.45) is 0. The van der Waals surface area contributed by atoms with Crippen LogP contribution in [0.1, 0.15) is 34.5 Å². The van der Waals surface area contributed by atoms with Gasteiger partial charge in [-0.25, -0.2) is 0 Å². The summed E-state index contributed by atoms with van der Waals surface area (Å²) in [5.41, 5.74) is 3.35. The molecule has 1 unspecified atom stereocenters. The monoisotopic (exact) mass is 410 g/mol. The molecule has 4 nitrogen and oxygen atoms in total. The first-order chi connectivity index (χ1) is 12.5. The van der Waals surface area contributed by atoms with Crippen molar-refractivity contribution in [3.63, 3.8) is 0 Å². The number of halogens is 1. The number of pyridine rings is 1. The Morgan fingerprint density at radius 3 is 2.54 bits per heavy atom. The quantitative estimate of drug-likeness (QED) is 0.659. The molecule has 5 heteroatoms. The van der Waals surface area contributed by atoms with Gasteiger partial charge in [-0.15, -0.1) is 0 Å². The van der Waals surface area contributed by atoms with Crippen molar-refractivity contribution in [3.8, 4) is 11.3 Å². The lowest BCUT2D eigenvalue weighted by atomic mass is 10.1. The van der Waals surface area contributed by atoms with Gasteiger partial charge in [0.25, 0.3) is 11.5 Å². The van der Waals surface area contributed by atoms with E-state index in [9.17, 15) is 9.59 Å². The van der Waals surface area contributed by atoms with Crippen molar-refractivity contribution >= 4 is 21.8 Å². The van der Waals surface area contributed by atoms with Gasteiger partial charge in [-0.2, -0.15) is 0 Å². The van der Waals surface area contributed by atoms with Crippen LogP contribution in [0.5, 0.6) is 0 Å². The highest BCUT2D eigenvalue weighted by atomic mass is 79.9.